The Kier molecular flexibility index (Phi) is 3.36. The number of hydrogen-bond donors (Lipinski definition) is 1. The van der Waals surface area contributed by atoms with E-state index in [1.165, 1.54) is 0 Å². The SMILES string of the molecule is N#Cc1[nH]c(=O)c(C(F)F)cc1CBr. The topological polar surface area (TPSA) is 56.6 Å². The summed E-state index contributed by atoms with van der Waals surface area (Å²) >= 11 is 3.04. The lowest BCUT2D eigenvalue weighted by atomic mass is 10.1. The molecule has 14 heavy (non-hydrogen) atoms. The van der Waals surface area contributed by atoms with Crippen LogP contribution in [0.25, 0.3) is 0 Å². The lowest BCUT2D eigenvalue weighted by molar-refractivity contribution is 0.149. The maximum absolute atomic E-state index is 12.3. The van der Waals surface area contributed by atoms with Gasteiger partial charge in [0, 0.05) is 5.33 Å². The molecule has 1 heterocycles. The van der Waals surface area contributed by atoms with Crippen LogP contribution in [0.1, 0.15) is 23.2 Å². The summed E-state index contributed by atoms with van der Waals surface area (Å²) < 4.78 is 24.5. The molecule has 1 rings (SSSR count). The molecule has 0 aliphatic rings. The van der Waals surface area contributed by atoms with E-state index in [2.05, 4.69) is 20.9 Å². The van der Waals surface area contributed by atoms with E-state index in [1.54, 1.807) is 6.07 Å². The minimum atomic E-state index is -2.83. The summed E-state index contributed by atoms with van der Waals surface area (Å²) in [6, 6.07) is 2.76. The van der Waals surface area contributed by atoms with E-state index in [9.17, 15) is 13.6 Å². The standard InChI is InChI=1S/C8H5BrF2N2O/c9-2-4-1-5(7(10)11)8(14)13-6(4)3-12/h1,7H,2H2,(H,13,14). The minimum absolute atomic E-state index is 0.0104. The molecular formula is C8H5BrF2N2O. The fourth-order valence-corrected chi connectivity index (χ4v) is 1.40. The van der Waals surface area contributed by atoms with Gasteiger partial charge in [-0.15, -0.1) is 0 Å². The van der Waals surface area contributed by atoms with Crippen LogP contribution in [0.3, 0.4) is 0 Å². The Morgan fingerprint density at radius 2 is 2.29 bits per heavy atom. The molecule has 0 saturated heterocycles. The fourth-order valence-electron chi connectivity index (χ4n) is 0.959. The molecule has 0 unspecified atom stereocenters. The smallest absolute Gasteiger partial charge is 0.269 e. The Morgan fingerprint density at radius 1 is 1.64 bits per heavy atom. The van der Waals surface area contributed by atoms with Crippen molar-refractivity contribution in [3.63, 3.8) is 0 Å². The summed E-state index contributed by atoms with van der Waals surface area (Å²) in [6.45, 7) is 0. The number of aromatic amines is 1. The van der Waals surface area contributed by atoms with Gasteiger partial charge in [-0.05, 0) is 11.6 Å². The van der Waals surface area contributed by atoms with Gasteiger partial charge in [-0.25, -0.2) is 8.78 Å². The summed E-state index contributed by atoms with van der Waals surface area (Å²) in [5, 5.41) is 8.82. The molecule has 0 aliphatic heterocycles. The first-order chi connectivity index (χ1) is 6.60. The number of H-pyrrole nitrogens is 1. The molecule has 0 fully saturated rings. The van der Waals surface area contributed by atoms with Crippen molar-refractivity contribution >= 4 is 15.9 Å². The van der Waals surface area contributed by atoms with Gasteiger partial charge < -0.3 is 4.98 Å². The van der Waals surface area contributed by atoms with Crippen molar-refractivity contribution in [3.05, 3.63) is 33.2 Å². The van der Waals surface area contributed by atoms with Crippen LogP contribution in [-0.2, 0) is 5.33 Å². The van der Waals surface area contributed by atoms with Crippen molar-refractivity contribution < 1.29 is 8.78 Å². The van der Waals surface area contributed by atoms with E-state index in [1.807, 2.05) is 0 Å². The van der Waals surface area contributed by atoms with Crippen molar-refractivity contribution in [1.29, 1.82) is 5.26 Å². The van der Waals surface area contributed by atoms with Crippen molar-refractivity contribution in [3.8, 4) is 6.07 Å². The highest BCUT2D eigenvalue weighted by Crippen LogP contribution is 2.18. The molecule has 0 aliphatic carbocycles. The van der Waals surface area contributed by atoms with Gasteiger partial charge in [-0.1, -0.05) is 15.9 Å². The number of halogens is 3. The zero-order valence-corrected chi connectivity index (χ0v) is 8.44. The first kappa shape index (κ1) is 10.9. The van der Waals surface area contributed by atoms with Gasteiger partial charge in [0.25, 0.3) is 12.0 Å². The minimum Gasteiger partial charge on any atom is -0.313 e. The third kappa shape index (κ3) is 1.99. The third-order valence-corrected chi connectivity index (χ3v) is 2.25. The highest BCUT2D eigenvalue weighted by Gasteiger charge is 2.15. The summed E-state index contributed by atoms with van der Waals surface area (Å²) in [5.74, 6) is 0. The molecule has 0 saturated carbocycles. The Hall–Kier alpha value is -1.22. The Morgan fingerprint density at radius 3 is 2.71 bits per heavy atom. The maximum atomic E-state index is 12.3. The summed E-state index contributed by atoms with van der Waals surface area (Å²) in [6.07, 6.45) is -2.83. The van der Waals surface area contributed by atoms with E-state index < -0.39 is 17.5 Å². The largest absolute Gasteiger partial charge is 0.313 e. The highest BCUT2D eigenvalue weighted by molar-refractivity contribution is 9.08. The predicted molar refractivity (Wildman–Crippen MR) is 49.4 cm³/mol. The molecule has 3 nitrogen and oxygen atoms in total. The molecule has 0 bridgehead atoms. The van der Waals surface area contributed by atoms with Crippen LogP contribution in [0.4, 0.5) is 8.78 Å². The van der Waals surface area contributed by atoms with Crippen LogP contribution in [0.2, 0.25) is 0 Å². The van der Waals surface area contributed by atoms with Gasteiger partial charge in [-0.2, -0.15) is 5.26 Å². The Bertz CT molecular complexity index is 436. The van der Waals surface area contributed by atoms with Gasteiger partial charge in [0.15, 0.2) is 0 Å². The van der Waals surface area contributed by atoms with E-state index in [0.29, 0.717) is 5.56 Å². The molecule has 0 atom stereocenters. The molecule has 0 spiro atoms. The van der Waals surface area contributed by atoms with Crippen molar-refractivity contribution in [1.82, 2.24) is 4.98 Å². The van der Waals surface area contributed by atoms with Crippen molar-refractivity contribution in [2.75, 3.05) is 0 Å². The molecule has 0 amide bonds. The highest BCUT2D eigenvalue weighted by atomic mass is 79.9. The van der Waals surface area contributed by atoms with E-state index in [-0.39, 0.29) is 11.0 Å². The van der Waals surface area contributed by atoms with Gasteiger partial charge in [0.05, 0.1) is 5.56 Å². The van der Waals surface area contributed by atoms with Crippen LogP contribution in [-0.4, -0.2) is 4.98 Å². The summed E-state index contributed by atoms with van der Waals surface area (Å²) in [7, 11) is 0. The fraction of sp³-hybridized carbons (Fsp3) is 0.250. The molecule has 0 radical (unpaired) electrons. The molecular weight excluding hydrogens is 258 g/mol. The summed E-state index contributed by atoms with van der Waals surface area (Å²) in [4.78, 5) is 13.1. The number of aromatic nitrogens is 1. The summed E-state index contributed by atoms with van der Waals surface area (Å²) in [5.41, 5.74) is -1.17. The molecule has 1 N–H and O–H groups in total. The zero-order valence-electron chi connectivity index (χ0n) is 6.85. The molecule has 6 heteroatoms. The number of alkyl halides is 3. The average Bonchev–Trinajstić information content (AvgIpc) is 2.16. The van der Waals surface area contributed by atoms with Crippen molar-refractivity contribution in [2.24, 2.45) is 0 Å². The van der Waals surface area contributed by atoms with Gasteiger partial charge >= 0.3 is 0 Å². The van der Waals surface area contributed by atoms with E-state index >= 15 is 0 Å². The van der Waals surface area contributed by atoms with E-state index in [4.69, 9.17) is 5.26 Å². The van der Waals surface area contributed by atoms with Crippen LogP contribution in [0, 0.1) is 11.3 Å². The average molecular weight is 263 g/mol. The van der Waals surface area contributed by atoms with Crippen LogP contribution in [0.5, 0.6) is 0 Å². The first-order valence-electron chi connectivity index (χ1n) is 3.60. The van der Waals surface area contributed by atoms with Crippen molar-refractivity contribution in [2.45, 2.75) is 11.8 Å². The number of hydrogen-bond acceptors (Lipinski definition) is 2. The van der Waals surface area contributed by atoms with Crippen LogP contribution in [0.15, 0.2) is 10.9 Å². The second-order valence-electron chi connectivity index (χ2n) is 2.50. The molecule has 1 aromatic rings. The normalized spacial score (nSPS) is 10.2. The maximum Gasteiger partial charge on any atom is 0.269 e. The molecule has 0 aromatic carbocycles. The number of rotatable bonds is 2. The van der Waals surface area contributed by atoms with Gasteiger partial charge in [-0.3, -0.25) is 4.79 Å². The predicted octanol–water partition coefficient (Wildman–Crippen LogP) is 2.08. The Labute approximate surface area is 86.5 Å². The number of nitrogens with one attached hydrogen (secondary N) is 1. The monoisotopic (exact) mass is 262 g/mol. The lowest BCUT2D eigenvalue weighted by Gasteiger charge is -2.02. The number of nitriles is 1. The number of pyridine rings is 1. The molecule has 74 valence electrons. The van der Waals surface area contributed by atoms with Crippen LogP contribution >= 0.6 is 15.9 Å². The third-order valence-electron chi connectivity index (χ3n) is 1.64. The lowest BCUT2D eigenvalue weighted by Crippen LogP contribution is -2.15. The van der Waals surface area contributed by atoms with E-state index in [0.717, 1.165) is 6.07 Å². The second-order valence-corrected chi connectivity index (χ2v) is 3.06. The molecule has 1 aromatic heterocycles. The van der Waals surface area contributed by atoms with Gasteiger partial charge in [0.2, 0.25) is 0 Å². The van der Waals surface area contributed by atoms with Gasteiger partial charge in [0.1, 0.15) is 11.8 Å². The number of nitrogens with zero attached hydrogens (tertiary/aromatic N) is 1. The second kappa shape index (κ2) is 4.33. The Balaban J connectivity index is 3.40. The zero-order chi connectivity index (χ0) is 10.7. The quantitative estimate of drug-likeness (QED) is 0.830. The first-order valence-corrected chi connectivity index (χ1v) is 4.72. The van der Waals surface area contributed by atoms with Crippen LogP contribution < -0.4 is 5.56 Å².